The number of benzene rings is 1. The normalized spacial score (nSPS) is 17.0. The first-order valence-electron chi connectivity index (χ1n) is 9.34. The number of ether oxygens (including phenoxy) is 2. The second-order valence-electron chi connectivity index (χ2n) is 7.13. The SMILES string of the molecule is COc1ccc(-c2nnc([C@H](C)OC(=O)c3cc4c(s3)CC[C@@H](C)C4)o2)cc1. The number of rotatable bonds is 5. The lowest BCUT2D eigenvalue weighted by molar-refractivity contribution is 0.0285. The zero-order chi connectivity index (χ0) is 19.7. The summed E-state index contributed by atoms with van der Waals surface area (Å²) >= 11 is 1.54. The molecule has 4 rings (SSSR count). The van der Waals surface area contributed by atoms with Gasteiger partial charge in [0, 0.05) is 10.4 Å². The number of methoxy groups -OCH3 is 1. The summed E-state index contributed by atoms with van der Waals surface area (Å²) < 4.78 is 16.4. The van der Waals surface area contributed by atoms with Crippen LogP contribution < -0.4 is 4.74 Å². The van der Waals surface area contributed by atoms with E-state index in [1.165, 1.54) is 28.2 Å². The summed E-state index contributed by atoms with van der Waals surface area (Å²) in [5, 5.41) is 8.09. The molecule has 0 unspecified atom stereocenters. The number of hydrogen-bond acceptors (Lipinski definition) is 7. The van der Waals surface area contributed by atoms with E-state index in [1.807, 2.05) is 30.3 Å². The van der Waals surface area contributed by atoms with Crippen LogP contribution in [0.1, 0.15) is 52.4 Å². The Labute approximate surface area is 167 Å². The number of aromatic nitrogens is 2. The Morgan fingerprint density at radius 3 is 2.82 bits per heavy atom. The summed E-state index contributed by atoms with van der Waals surface area (Å²) in [5.74, 6) is 1.72. The predicted molar refractivity (Wildman–Crippen MR) is 106 cm³/mol. The van der Waals surface area contributed by atoms with Gasteiger partial charge in [0.1, 0.15) is 10.6 Å². The molecule has 1 aliphatic carbocycles. The molecule has 0 saturated carbocycles. The third-order valence-electron chi connectivity index (χ3n) is 4.94. The molecule has 6 nitrogen and oxygen atoms in total. The topological polar surface area (TPSA) is 74.5 Å². The molecular weight excluding hydrogens is 376 g/mol. The van der Waals surface area contributed by atoms with Crippen LogP contribution in [0.4, 0.5) is 0 Å². The number of hydrogen-bond donors (Lipinski definition) is 0. The van der Waals surface area contributed by atoms with Crippen molar-refractivity contribution in [1.82, 2.24) is 10.2 Å². The molecule has 2 aromatic heterocycles. The van der Waals surface area contributed by atoms with Crippen LogP contribution in [0.25, 0.3) is 11.5 Å². The lowest BCUT2D eigenvalue weighted by Crippen LogP contribution is -2.08. The first-order valence-corrected chi connectivity index (χ1v) is 10.2. The van der Waals surface area contributed by atoms with Gasteiger partial charge in [-0.2, -0.15) is 0 Å². The van der Waals surface area contributed by atoms with Crippen molar-refractivity contribution < 1.29 is 18.7 Å². The number of thiophene rings is 1. The van der Waals surface area contributed by atoms with Crippen molar-refractivity contribution >= 4 is 17.3 Å². The lowest BCUT2D eigenvalue weighted by atomic mass is 9.90. The smallest absolute Gasteiger partial charge is 0.349 e. The molecule has 2 heterocycles. The summed E-state index contributed by atoms with van der Waals surface area (Å²) in [7, 11) is 1.61. The van der Waals surface area contributed by atoms with E-state index < -0.39 is 6.10 Å². The van der Waals surface area contributed by atoms with Crippen LogP contribution in [0.3, 0.4) is 0 Å². The second-order valence-corrected chi connectivity index (χ2v) is 8.27. The zero-order valence-corrected chi connectivity index (χ0v) is 16.9. The molecular formula is C21H22N2O4S. The van der Waals surface area contributed by atoms with Crippen LogP contribution in [-0.2, 0) is 17.6 Å². The van der Waals surface area contributed by atoms with E-state index in [4.69, 9.17) is 13.9 Å². The van der Waals surface area contributed by atoms with E-state index in [1.54, 1.807) is 14.0 Å². The first kappa shape index (κ1) is 18.7. The molecule has 1 aromatic carbocycles. The quantitative estimate of drug-likeness (QED) is 0.572. The van der Waals surface area contributed by atoms with E-state index >= 15 is 0 Å². The average Bonchev–Trinajstić information content (AvgIpc) is 3.35. The first-order chi connectivity index (χ1) is 13.5. The zero-order valence-electron chi connectivity index (χ0n) is 16.1. The van der Waals surface area contributed by atoms with Gasteiger partial charge in [-0.1, -0.05) is 6.92 Å². The van der Waals surface area contributed by atoms with Crippen molar-refractivity contribution in [3.8, 4) is 17.2 Å². The Balaban J connectivity index is 1.44. The molecule has 0 saturated heterocycles. The van der Waals surface area contributed by atoms with Gasteiger partial charge in [-0.15, -0.1) is 21.5 Å². The third kappa shape index (κ3) is 3.80. The van der Waals surface area contributed by atoms with Gasteiger partial charge < -0.3 is 13.9 Å². The Hall–Kier alpha value is -2.67. The Bertz CT molecular complexity index is 977. The van der Waals surface area contributed by atoms with E-state index in [2.05, 4.69) is 17.1 Å². The Kier molecular flexibility index (Phi) is 5.17. The minimum absolute atomic E-state index is 0.272. The molecule has 0 radical (unpaired) electrons. The Morgan fingerprint density at radius 2 is 2.07 bits per heavy atom. The van der Waals surface area contributed by atoms with Gasteiger partial charge in [0.25, 0.3) is 5.89 Å². The second kappa shape index (κ2) is 7.75. The summed E-state index contributed by atoms with van der Waals surface area (Å²) in [4.78, 5) is 14.5. The molecule has 7 heteroatoms. The van der Waals surface area contributed by atoms with Crippen molar-refractivity contribution in [1.29, 1.82) is 0 Å². The van der Waals surface area contributed by atoms with Crippen LogP contribution in [-0.4, -0.2) is 23.3 Å². The van der Waals surface area contributed by atoms with E-state index in [0.717, 1.165) is 24.2 Å². The number of carbonyl (C=O) groups is 1. The molecule has 0 fully saturated rings. The van der Waals surface area contributed by atoms with Gasteiger partial charge in [-0.05, 0) is 68.0 Å². The molecule has 146 valence electrons. The highest BCUT2D eigenvalue weighted by Gasteiger charge is 2.24. The highest BCUT2D eigenvalue weighted by atomic mass is 32.1. The van der Waals surface area contributed by atoms with Crippen LogP contribution in [0, 0.1) is 5.92 Å². The van der Waals surface area contributed by atoms with E-state index in [9.17, 15) is 4.79 Å². The fourth-order valence-electron chi connectivity index (χ4n) is 3.32. The highest BCUT2D eigenvalue weighted by molar-refractivity contribution is 7.14. The number of fused-ring (bicyclic) bond motifs is 1. The standard InChI is InChI=1S/C21H22N2O4S/c1-12-4-9-17-15(10-12)11-18(28-17)21(24)26-13(2)19-22-23-20(27-19)14-5-7-16(25-3)8-6-14/h5-8,11-13H,4,9-10H2,1-3H3/t12-,13+/m1/s1. The molecule has 28 heavy (non-hydrogen) atoms. The third-order valence-corrected chi connectivity index (χ3v) is 6.16. The fraction of sp³-hybridized carbons (Fsp3) is 0.381. The van der Waals surface area contributed by atoms with Crippen LogP contribution >= 0.6 is 11.3 Å². The molecule has 0 bridgehead atoms. The van der Waals surface area contributed by atoms with Gasteiger partial charge in [0.2, 0.25) is 5.89 Å². The van der Waals surface area contributed by atoms with Crippen molar-refractivity contribution in [2.75, 3.05) is 7.11 Å². The molecule has 3 aromatic rings. The van der Waals surface area contributed by atoms with Gasteiger partial charge in [-0.25, -0.2) is 4.79 Å². The molecule has 0 amide bonds. The van der Waals surface area contributed by atoms with Gasteiger partial charge >= 0.3 is 5.97 Å². The van der Waals surface area contributed by atoms with Crippen molar-refractivity contribution in [2.24, 2.45) is 5.92 Å². The maximum absolute atomic E-state index is 12.6. The predicted octanol–water partition coefficient (Wildman–Crippen LogP) is 4.85. The summed E-state index contributed by atoms with van der Waals surface area (Å²) in [5.41, 5.74) is 2.06. The van der Waals surface area contributed by atoms with E-state index in [-0.39, 0.29) is 11.9 Å². The highest BCUT2D eigenvalue weighted by Crippen LogP contribution is 2.33. The average molecular weight is 398 g/mol. The van der Waals surface area contributed by atoms with Crippen LogP contribution in [0.15, 0.2) is 34.7 Å². The summed E-state index contributed by atoms with van der Waals surface area (Å²) in [6.45, 7) is 3.98. The van der Waals surface area contributed by atoms with E-state index in [0.29, 0.717) is 16.7 Å². The number of carbonyl (C=O) groups excluding carboxylic acids is 1. The molecule has 0 N–H and O–H groups in total. The molecule has 2 atom stereocenters. The molecule has 1 aliphatic rings. The summed E-state index contributed by atoms with van der Waals surface area (Å²) in [6, 6.07) is 9.29. The fourth-order valence-corrected chi connectivity index (χ4v) is 4.42. The number of esters is 1. The van der Waals surface area contributed by atoms with Crippen molar-refractivity contribution in [3.05, 3.63) is 51.5 Å². The van der Waals surface area contributed by atoms with Crippen molar-refractivity contribution in [3.63, 3.8) is 0 Å². The molecule has 0 spiro atoms. The summed E-state index contributed by atoms with van der Waals surface area (Å²) in [6.07, 6.45) is 2.63. The van der Waals surface area contributed by atoms with Crippen molar-refractivity contribution in [2.45, 2.75) is 39.2 Å². The minimum atomic E-state index is -0.620. The molecule has 0 aliphatic heterocycles. The maximum Gasteiger partial charge on any atom is 0.349 e. The number of nitrogens with zero attached hydrogens (tertiary/aromatic N) is 2. The van der Waals surface area contributed by atoms with Crippen LogP contribution in [0.2, 0.25) is 0 Å². The van der Waals surface area contributed by atoms with Crippen LogP contribution in [0.5, 0.6) is 5.75 Å². The van der Waals surface area contributed by atoms with Gasteiger partial charge in [0.15, 0.2) is 6.10 Å². The lowest BCUT2D eigenvalue weighted by Gasteiger charge is -2.16. The van der Waals surface area contributed by atoms with Gasteiger partial charge in [0.05, 0.1) is 7.11 Å². The maximum atomic E-state index is 12.6. The number of aryl methyl sites for hydroxylation is 1. The minimum Gasteiger partial charge on any atom is -0.497 e. The Morgan fingerprint density at radius 1 is 1.29 bits per heavy atom. The largest absolute Gasteiger partial charge is 0.497 e. The van der Waals surface area contributed by atoms with Gasteiger partial charge in [-0.3, -0.25) is 0 Å². The monoisotopic (exact) mass is 398 g/mol.